The summed E-state index contributed by atoms with van der Waals surface area (Å²) in [6.45, 7) is 0. The summed E-state index contributed by atoms with van der Waals surface area (Å²) in [5.41, 5.74) is 0. The summed E-state index contributed by atoms with van der Waals surface area (Å²) in [5.74, 6) is 5.33. The van der Waals surface area contributed by atoms with Crippen LogP contribution < -0.4 is 0 Å². The highest BCUT2D eigenvalue weighted by Gasteiger charge is 2.57. The molecule has 0 aromatic carbocycles. The van der Waals surface area contributed by atoms with Crippen LogP contribution in [-0.4, -0.2) is 0 Å². The molecule has 1 saturated carbocycles. The molecule has 0 aromatic rings. The van der Waals surface area contributed by atoms with Gasteiger partial charge in [0.15, 0.2) is 0 Å². The smallest absolute Gasteiger partial charge is 0.00153 e. The molecule has 5 aliphatic carbocycles. The number of hydrogen-bond acceptors (Lipinski definition) is 0. The quantitative estimate of drug-likeness (QED) is 0.472. The Hall–Kier alpha value is -0.780. The van der Waals surface area contributed by atoms with Crippen LogP contribution in [0.5, 0.6) is 0 Å². The van der Waals surface area contributed by atoms with E-state index in [1.165, 1.54) is 0 Å². The molecular weight excluding hydrogens is 144 g/mol. The van der Waals surface area contributed by atoms with Gasteiger partial charge in [-0.3, -0.25) is 0 Å². The first-order valence-electron chi connectivity index (χ1n) is 5.00. The molecule has 0 heterocycles. The monoisotopic (exact) mass is 156 g/mol. The molecular formula is C12H12. The van der Waals surface area contributed by atoms with E-state index in [-0.39, 0.29) is 0 Å². The molecule has 0 saturated heterocycles. The van der Waals surface area contributed by atoms with E-state index in [1.807, 2.05) is 0 Å². The van der Waals surface area contributed by atoms with Crippen molar-refractivity contribution in [1.82, 2.24) is 0 Å². The molecule has 5 aliphatic rings. The standard InChI is InChI=1S/C12H12/c1-3-10-11-4-2-7(1)8-5-6-9(8)12(10)11/h1-12H. The maximum Gasteiger partial charge on any atom is 0.00153 e. The first kappa shape index (κ1) is 5.80. The lowest BCUT2D eigenvalue weighted by Gasteiger charge is -2.31. The van der Waals surface area contributed by atoms with Gasteiger partial charge in [-0.25, -0.2) is 0 Å². The topological polar surface area (TPSA) is 0 Å². The Morgan fingerprint density at radius 2 is 1.00 bits per heavy atom. The largest absolute Gasteiger partial charge is 0.0841 e. The van der Waals surface area contributed by atoms with Crippen LogP contribution in [0.1, 0.15) is 0 Å². The molecule has 0 radical (unpaired) electrons. The molecule has 0 N–H and O–H groups in total. The fourth-order valence-corrected chi connectivity index (χ4v) is 3.38. The Balaban J connectivity index is 1.93. The third kappa shape index (κ3) is 0.475. The van der Waals surface area contributed by atoms with Crippen molar-refractivity contribution in [3.63, 3.8) is 0 Å². The van der Waals surface area contributed by atoms with E-state index in [1.54, 1.807) is 0 Å². The Labute approximate surface area is 72.7 Å². The van der Waals surface area contributed by atoms with Crippen LogP contribution in [0.3, 0.4) is 0 Å². The van der Waals surface area contributed by atoms with Crippen LogP contribution in [-0.2, 0) is 0 Å². The first-order valence-corrected chi connectivity index (χ1v) is 5.00. The summed E-state index contributed by atoms with van der Waals surface area (Å²) in [4.78, 5) is 0. The zero-order valence-electron chi connectivity index (χ0n) is 6.93. The van der Waals surface area contributed by atoms with E-state index in [4.69, 9.17) is 0 Å². The zero-order chi connectivity index (χ0) is 7.71. The van der Waals surface area contributed by atoms with Crippen LogP contribution in [0.15, 0.2) is 36.5 Å². The molecule has 0 amide bonds. The summed E-state index contributed by atoms with van der Waals surface area (Å²) in [7, 11) is 0. The molecule has 0 unspecified atom stereocenters. The minimum Gasteiger partial charge on any atom is -0.0841 e. The Morgan fingerprint density at radius 1 is 0.500 bits per heavy atom. The molecule has 12 heavy (non-hydrogen) atoms. The van der Waals surface area contributed by atoms with Gasteiger partial charge in [-0.1, -0.05) is 36.5 Å². The molecule has 5 rings (SSSR count). The van der Waals surface area contributed by atoms with Crippen molar-refractivity contribution >= 4 is 0 Å². The van der Waals surface area contributed by atoms with Gasteiger partial charge in [0.2, 0.25) is 0 Å². The first-order chi connectivity index (χ1) is 5.95. The van der Waals surface area contributed by atoms with Gasteiger partial charge < -0.3 is 0 Å². The highest BCUT2D eigenvalue weighted by molar-refractivity contribution is 5.34. The summed E-state index contributed by atoms with van der Waals surface area (Å²) in [6.07, 6.45) is 14.7. The Bertz CT molecular complexity index is 301. The van der Waals surface area contributed by atoms with Crippen molar-refractivity contribution in [1.29, 1.82) is 0 Å². The van der Waals surface area contributed by atoms with Crippen molar-refractivity contribution in [3.05, 3.63) is 36.5 Å². The molecule has 0 atom stereocenters. The van der Waals surface area contributed by atoms with Gasteiger partial charge >= 0.3 is 0 Å². The molecule has 0 spiro atoms. The highest BCUT2D eigenvalue weighted by Crippen LogP contribution is 2.62. The fourth-order valence-electron chi connectivity index (χ4n) is 3.38. The molecule has 1 fully saturated rings. The van der Waals surface area contributed by atoms with E-state index in [9.17, 15) is 0 Å². The lowest BCUT2D eigenvalue weighted by Crippen LogP contribution is -2.25. The molecule has 0 heteroatoms. The van der Waals surface area contributed by atoms with E-state index in [2.05, 4.69) is 36.5 Å². The minimum atomic E-state index is 0.736. The molecule has 0 nitrogen and oxygen atoms in total. The van der Waals surface area contributed by atoms with Gasteiger partial charge in [0.05, 0.1) is 0 Å². The Morgan fingerprint density at radius 3 is 1.58 bits per heavy atom. The summed E-state index contributed by atoms with van der Waals surface area (Å²) < 4.78 is 0. The Kier molecular flexibility index (Phi) is 0.778. The summed E-state index contributed by atoms with van der Waals surface area (Å²) >= 11 is 0. The number of hydrogen-bond donors (Lipinski definition) is 0. The normalized spacial score (nSPS) is 62.0. The van der Waals surface area contributed by atoms with Crippen molar-refractivity contribution in [2.75, 3.05) is 0 Å². The van der Waals surface area contributed by atoms with Crippen LogP contribution >= 0.6 is 0 Å². The van der Waals surface area contributed by atoms with Crippen molar-refractivity contribution in [2.45, 2.75) is 0 Å². The van der Waals surface area contributed by atoms with Crippen molar-refractivity contribution in [3.8, 4) is 0 Å². The van der Waals surface area contributed by atoms with Gasteiger partial charge in [-0.2, -0.15) is 0 Å². The summed E-state index contributed by atoms with van der Waals surface area (Å²) in [6, 6.07) is 0. The van der Waals surface area contributed by atoms with Gasteiger partial charge in [0.25, 0.3) is 0 Å². The van der Waals surface area contributed by atoms with Gasteiger partial charge in [0, 0.05) is 5.92 Å². The predicted octanol–water partition coefficient (Wildman–Crippen LogP) is 2.41. The maximum atomic E-state index is 2.47. The third-order valence-electron chi connectivity index (χ3n) is 4.19. The molecule has 0 aliphatic heterocycles. The number of allylic oxidation sites excluding steroid dienone is 6. The van der Waals surface area contributed by atoms with E-state index in [0.29, 0.717) is 0 Å². The second kappa shape index (κ2) is 1.61. The average molecular weight is 156 g/mol. The van der Waals surface area contributed by atoms with E-state index in [0.717, 1.165) is 35.5 Å². The van der Waals surface area contributed by atoms with Crippen LogP contribution in [0.4, 0.5) is 0 Å². The average Bonchev–Trinajstić information content (AvgIpc) is 2.69. The van der Waals surface area contributed by atoms with Crippen molar-refractivity contribution < 1.29 is 0 Å². The second-order valence-corrected chi connectivity index (χ2v) is 4.62. The molecule has 0 aromatic heterocycles. The second-order valence-electron chi connectivity index (χ2n) is 4.62. The third-order valence-corrected chi connectivity index (χ3v) is 4.19. The lowest BCUT2D eigenvalue weighted by molar-refractivity contribution is 0.340. The van der Waals surface area contributed by atoms with Gasteiger partial charge in [-0.05, 0) is 29.6 Å². The van der Waals surface area contributed by atoms with Crippen LogP contribution in [0.25, 0.3) is 0 Å². The van der Waals surface area contributed by atoms with E-state index >= 15 is 0 Å². The maximum absolute atomic E-state index is 2.47. The fraction of sp³-hybridized carbons (Fsp3) is 0.500. The zero-order valence-corrected chi connectivity index (χ0v) is 6.93. The number of rotatable bonds is 0. The minimum absolute atomic E-state index is 0.736. The highest BCUT2D eigenvalue weighted by atomic mass is 14.6. The summed E-state index contributed by atoms with van der Waals surface area (Å²) in [5, 5.41) is 0. The molecule has 4 bridgehead atoms. The van der Waals surface area contributed by atoms with Crippen molar-refractivity contribution in [2.24, 2.45) is 35.5 Å². The van der Waals surface area contributed by atoms with Crippen LogP contribution in [0.2, 0.25) is 0 Å². The lowest BCUT2D eigenvalue weighted by atomic mass is 9.72. The predicted molar refractivity (Wildman–Crippen MR) is 48.4 cm³/mol. The SMILES string of the molecule is C1=CC2C3C=CC1C1C=CC1C23. The molecule has 60 valence electrons. The van der Waals surface area contributed by atoms with Crippen LogP contribution in [0, 0.1) is 35.5 Å². The van der Waals surface area contributed by atoms with E-state index < -0.39 is 0 Å². The van der Waals surface area contributed by atoms with Gasteiger partial charge in [-0.15, -0.1) is 0 Å². The van der Waals surface area contributed by atoms with Gasteiger partial charge in [0.1, 0.15) is 0 Å².